The van der Waals surface area contributed by atoms with Gasteiger partial charge in [0.1, 0.15) is 0 Å². The molecule has 21 heavy (non-hydrogen) atoms. The van der Waals surface area contributed by atoms with Gasteiger partial charge >= 0.3 is 0 Å². The lowest BCUT2D eigenvalue weighted by atomic mass is 9.48. The number of nitrogens with one attached hydrogen (secondary N) is 1. The van der Waals surface area contributed by atoms with Crippen LogP contribution < -0.4 is 10.1 Å². The van der Waals surface area contributed by atoms with Crippen LogP contribution in [0.1, 0.15) is 45.4 Å². The van der Waals surface area contributed by atoms with Gasteiger partial charge in [0.25, 0.3) is 0 Å². The number of nitrogens with zero attached hydrogens (tertiary/aromatic N) is 1. The minimum Gasteiger partial charge on any atom is -0.481 e. The van der Waals surface area contributed by atoms with E-state index in [-0.39, 0.29) is 0 Å². The quantitative estimate of drug-likeness (QED) is 0.904. The average molecular weight is 286 g/mol. The smallest absolute Gasteiger partial charge is 0.214 e. The van der Waals surface area contributed by atoms with Crippen LogP contribution in [-0.2, 0) is 0 Å². The van der Waals surface area contributed by atoms with Crippen molar-refractivity contribution in [1.29, 1.82) is 0 Å². The van der Waals surface area contributed by atoms with E-state index in [4.69, 9.17) is 4.74 Å². The number of methoxy groups -OCH3 is 1. The minimum atomic E-state index is 0.533. The number of pyridine rings is 1. The first-order valence-electron chi connectivity index (χ1n) is 8.43. The SMILES string of the molecule is COc1cc(NC(C)C23CC4CC(CC(C4)C2)C3)ccn1. The maximum absolute atomic E-state index is 5.23. The maximum atomic E-state index is 5.23. The van der Waals surface area contributed by atoms with Crippen LogP contribution in [0.15, 0.2) is 18.3 Å². The van der Waals surface area contributed by atoms with Gasteiger partial charge in [0, 0.05) is 24.0 Å². The molecule has 4 bridgehead atoms. The Morgan fingerprint density at radius 1 is 1.19 bits per heavy atom. The summed E-state index contributed by atoms with van der Waals surface area (Å²) < 4.78 is 5.23. The Balaban J connectivity index is 1.53. The molecule has 1 aromatic rings. The standard InChI is InChI=1S/C18H26N2O/c1-12(20-16-3-4-19-17(8-16)21-2)18-9-13-5-14(10-18)7-15(6-13)11-18/h3-4,8,12-15H,5-7,9-11H2,1-2H3,(H,19,20). The van der Waals surface area contributed by atoms with Crippen LogP contribution in [0.2, 0.25) is 0 Å². The van der Waals surface area contributed by atoms with Crippen molar-refractivity contribution < 1.29 is 4.74 Å². The monoisotopic (exact) mass is 286 g/mol. The first-order chi connectivity index (χ1) is 10.2. The highest BCUT2D eigenvalue weighted by molar-refractivity contribution is 5.46. The lowest BCUT2D eigenvalue weighted by molar-refractivity contribution is -0.0602. The molecule has 0 spiro atoms. The predicted octanol–water partition coefficient (Wildman–Crippen LogP) is 4.11. The van der Waals surface area contributed by atoms with Gasteiger partial charge in [-0.3, -0.25) is 0 Å². The van der Waals surface area contributed by atoms with Crippen LogP contribution in [0, 0.1) is 23.2 Å². The first-order valence-corrected chi connectivity index (χ1v) is 8.43. The van der Waals surface area contributed by atoms with Crippen molar-refractivity contribution in [1.82, 2.24) is 4.98 Å². The molecule has 1 unspecified atom stereocenters. The molecule has 0 saturated heterocycles. The van der Waals surface area contributed by atoms with Crippen LogP contribution in [0.5, 0.6) is 5.88 Å². The predicted molar refractivity (Wildman–Crippen MR) is 84.5 cm³/mol. The summed E-state index contributed by atoms with van der Waals surface area (Å²) in [5.41, 5.74) is 1.68. The van der Waals surface area contributed by atoms with E-state index in [1.54, 1.807) is 7.11 Å². The van der Waals surface area contributed by atoms with Crippen molar-refractivity contribution in [2.75, 3.05) is 12.4 Å². The van der Waals surface area contributed by atoms with Gasteiger partial charge in [-0.2, -0.15) is 0 Å². The molecule has 4 aliphatic rings. The molecule has 1 atom stereocenters. The summed E-state index contributed by atoms with van der Waals surface area (Å²) in [7, 11) is 1.68. The number of aromatic nitrogens is 1. The van der Waals surface area contributed by atoms with Gasteiger partial charge in [-0.25, -0.2) is 4.98 Å². The lowest BCUT2D eigenvalue weighted by Crippen LogP contribution is -2.52. The van der Waals surface area contributed by atoms with Crippen molar-refractivity contribution in [3.05, 3.63) is 18.3 Å². The molecule has 5 rings (SSSR count). The van der Waals surface area contributed by atoms with Gasteiger partial charge < -0.3 is 10.1 Å². The van der Waals surface area contributed by atoms with E-state index in [9.17, 15) is 0 Å². The van der Waals surface area contributed by atoms with Gasteiger partial charge in [0.2, 0.25) is 5.88 Å². The fourth-order valence-electron chi connectivity index (χ4n) is 5.72. The van der Waals surface area contributed by atoms with E-state index < -0.39 is 0 Å². The zero-order valence-corrected chi connectivity index (χ0v) is 13.1. The molecule has 3 heteroatoms. The largest absolute Gasteiger partial charge is 0.481 e. The highest BCUT2D eigenvalue weighted by Gasteiger charge is 2.53. The Bertz CT molecular complexity index is 492. The van der Waals surface area contributed by atoms with Crippen molar-refractivity contribution >= 4 is 5.69 Å². The fourth-order valence-corrected chi connectivity index (χ4v) is 5.72. The third-order valence-corrected chi connectivity index (χ3v) is 6.33. The van der Waals surface area contributed by atoms with E-state index in [0.717, 1.165) is 23.4 Å². The van der Waals surface area contributed by atoms with Crippen molar-refractivity contribution in [3.63, 3.8) is 0 Å². The summed E-state index contributed by atoms with van der Waals surface area (Å²) in [6, 6.07) is 4.61. The second-order valence-corrected chi connectivity index (χ2v) is 7.73. The minimum absolute atomic E-state index is 0.533. The summed E-state index contributed by atoms with van der Waals surface area (Å²) in [6.07, 6.45) is 10.7. The first kappa shape index (κ1) is 13.4. The fraction of sp³-hybridized carbons (Fsp3) is 0.722. The Morgan fingerprint density at radius 2 is 1.81 bits per heavy atom. The van der Waals surface area contributed by atoms with Gasteiger partial charge in [0.15, 0.2) is 0 Å². The second kappa shape index (κ2) is 4.89. The molecule has 4 fully saturated rings. The van der Waals surface area contributed by atoms with Gasteiger partial charge in [0.05, 0.1) is 7.11 Å². The van der Waals surface area contributed by atoms with E-state index >= 15 is 0 Å². The Morgan fingerprint density at radius 3 is 2.38 bits per heavy atom. The van der Waals surface area contributed by atoms with Crippen LogP contribution in [-0.4, -0.2) is 18.1 Å². The maximum Gasteiger partial charge on any atom is 0.214 e. The third-order valence-electron chi connectivity index (χ3n) is 6.33. The number of hydrogen-bond donors (Lipinski definition) is 1. The molecule has 0 aliphatic heterocycles. The van der Waals surface area contributed by atoms with Crippen LogP contribution >= 0.6 is 0 Å². The number of ether oxygens (including phenoxy) is 1. The average Bonchev–Trinajstić information content (AvgIpc) is 2.46. The Kier molecular flexibility index (Phi) is 3.13. The summed E-state index contributed by atoms with van der Waals surface area (Å²) in [5, 5.41) is 3.75. The molecule has 114 valence electrons. The van der Waals surface area contributed by atoms with E-state index in [1.807, 2.05) is 12.3 Å². The van der Waals surface area contributed by atoms with Gasteiger partial charge in [-0.1, -0.05) is 0 Å². The number of anilines is 1. The summed E-state index contributed by atoms with van der Waals surface area (Å²) in [6.45, 7) is 2.39. The molecule has 4 saturated carbocycles. The third kappa shape index (κ3) is 2.31. The van der Waals surface area contributed by atoms with E-state index in [1.165, 1.54) is 38.5 Å². The van der Waals surface area contributed by atoms with Gasteiger partial charge in [-0.05, 0) is 74.7 Å². The molecule has 1 N–H and O–H groups in total. The highest BCUT2D eigenvalue weighted by Crippen LogP contribution is 2.61. The van der Waals surface area contributed by atoms with Crippen molar-refractivity contribution in [2.45, 2.75) is 51.5 Å². The summed E-state index contributed by atoms with van der Waals surface area (Å²) in [5.74, 6) is 3.71. The lowest BCUT2D eigenvalue weighted by Gasteiger charge is -2.59. The molecular formula is C18H26N2O. The Hall–Kier alpha value is -1.25. The van der Waals surface area contributed by atoms with E-state index in [2.05, 4.69) is 23.3 Å². The van der Waals surface area contributed by atoms with Crippen molar-refractivity contribution in [2.24, 2.45) is 23.2 Å². The highest BCUT2D eigenvalue weighted by atomic mass is 16.5. The Labute approximate surface area is 127 Å². The summed E-state index contributed by atoms with van der Waals surface area (Å²) >= 11 is 0. The number of hydrogen-bond acceptors (Lipinski definition) is 3. The molecule has 1 aromatic heterocycles. The normalized spacial score (nSPS) is 38.3. The zero-order chi connectivity index (χ0) is 14.4. The van der Waals surface area contributed by atoms with Crippen LogP contribution in [0.25, 0.3) is 0 Å². The molecule has 0 amide bonds. The molecule has 0 aromatic carbocycles. The van der Waals surface area contributed by atoms with Crippen molar-refractivity contribution in [3.8, 4) is 5.88 Å². The molecule has 3 nitrogen and oxygen atoms in total. The number of rotatable bonds is 4. The second-order valence-electron chi connectivity index (χ2n) is 7.73. The molecule has 4 aliphatic carbocycles. The van der Waals surface area contributed by atoms with Crippen LogP contribution in [0.3, 0.4) is 0 Å². The van der Waals surface area contributed by atoms with E-state index in [0.29, 0.717) is 17.3 Å². The molecular weight excluding hydrogens is 260 g/mol. The topological polar surface area (TPSA) is 34.1 Å². The summed E-state index contributed by atoms with van der Waals surface area (Å²) in [4.78, 5) is 4.20. The van der Waals surface area contributed by atoms with Crippen LogP contribution in [0.4, 0.5) is 5.69 Å². The zero-order valence-electron chi connectivity index (χ0n) is 13.1. The van der Waals surface area contributed by atoms with Gasteiger partial charge in [-0.15, -0.1) is 0 Å². The molecule has 1 heterocycles. The molecule has 0 radical (unpaired) electrons.